The lowest BCUT2D eigenvalue weighted by Gasteiger charge is -2.17. The Labute approximate surface area is 108 Å². The molecule has 1 saturated carbocycles. The first-order valence-corrected chi connectivity index (χ1v) is 6.54. The van der Waals surface area contributed by atoms with E-state index in [1.54, 1.807) is 0 Å². The molecule has 1 aromatic carbocycles. The van der Waals surface area contributed by atoms with Gasteiger partial charge in [0, 0.05) is 10.5 Å². The molecule has 0 amide bonds. The van der Waals surface area contributed by atoms with Crippen molar-refractivity contribution >= 4 is 44.8 Å². The molecule has 1 aliphatic rings. The Kier molecular flexibility index (Phi) is 3.49. The zero-order chi connectivity index (χ0) is 11.0. The highest BCUT2D eigenvalue weighted by atomic mass is 79.9. The number of benzene rings is 1. The maximum Gasteiger partial charge on any atom is 0.0721 e. The maximum atomic E-state index is 6.13. The predicted octanol–water partition coefficient (Wildman–Crippen LogP) is 4.97. The van der Waals surface area contributed by atoms with E-state index in [1.165, 1.54) is 12.8 Å². The van der Waals surface area contributed by atoms with Gasteiger partial charge in [0.1, 0.15) is 0 Å². The number of hydrogen-bond acceptors (Lipinski definition) is 1. The average molecular weight is 309 g/mol. The van der Waals surface area contributed by atoms with Gasteiger partial charge in [0.2, 0.25) is 0 Å². The Morgan fingerprint density at radius 3 is 2.33 bits per heavy atom. The van der Waals surface area contributed by atoms with E-state index in [0.29, 0.717) is 16.1 Å². The van der Waals surface area contributed by atoms with Crippen LogP contribution in [-0.2, 0) is 0 Å². The molecule has 0 aromatic heterocycles. The largest absolute Gasteiger partial charge is 0.380 e. The van der Waals surface area contributed by atoms with Crippen molar-refractivity contribution in [3.05, 3.63) is 26.7 Å². The van der Waals surface area contributed by atoms with Crippen LogP contribution in [0.15, 0.2) is 16.6 Å². The van der Waals surface area contributed by atoms with E-state index in [-0.39, 0.29) is 0 Å². The lowest BCUT2D eigenvalue weighted by atomic mass is 10.2. The summed E-state index contributed by atoms with van der Waals surface area (Å²) in [5, 5.41) is 4.72. The molecule has 1 fully saturated rings. The van der Waals surface area contributed by atoms with Gasteiger partial charge in [-0.3, -0.25) is 0 Å². The van der Waals surface area contributed by atoms with Gasteiger partial charge in [0.25, 0.3) is 0 Å². The minimum atomic E-state index is 0.446. The van der Waals surface area contributed by atoms with Crippen molar-refractivity contribution in [2.24, 2.45) is 5.92 Å². The summed E-state index contributed by atoms with van der Waals surface area (Å²) in [7, 11) is 0. The van der Waals surface area contributed by atoms with E-state index in [9.17, 15) is 0 Å². The topological polar surface area (TPSA) is 12.0 Å². The minimum Gasteiger partial charge on any atom is -0.380 e. The highest BCUT2D eigenvalue weighted by Gasteiger charge is 2.28. The third kappa shape index (κ3) is 2.80. The maximum absolute atomic E-state index is 6.13. The fraction of sp³-hybridized carbons (Fsp3) is 0.455. The molecule has 1 atom stereocenters. The van der Waals surface area contributed by atoms with Crippen LogP contribution < -0.4 is 5.32 Å². The van der Waals surface area contributed by atoms with Gasteiger partial charge in [0.05, 0.1) is 15.7 Å². The van der Waals surface area contributed by atoms with E-state index in [1.807, 2.05) is 12.1 Å². The SMILES string of the molecule is CC(Nc1c(Cl)cc(Br)cc1Cl)C1CC1. The first-order valence-electron chi connectivity index (χ1n) is 4.99. The van der Waals surface area contributed by atoms with Crippen molar-refractivity contribution in [1.29, 1.82) is 0 Å². The normalized spacial score (nSPS) is 17.6. The van der Waals surface area contributed by atoms with Crippen LogP contribution in [0.3, 0.4) is 0 Å². The van der Waals surface area contributed by atoms with Crippen LogP contribution in [0.25, 0.3) is 0 Å². The van der Waals surface area contributed by atoms with Crippen LogP contribution in [0.1, 0.15) is 19.8 Å². The second kappa shape index (κ2) is 4.52. The van der Waals surface area contributed by atoms with Gasteiger partial charge in [-0.1, -0.05) is 39.1 Å². The van der Waals surface area contributed by atoms with Crippen LogP contribution in [0, 0.1) is 5.92 Å². The smallest absolute Gasteiger partial charge is 0.0721 e. The molecule has 0 bridgehead atoms. The van der Waals surface area contributed by atoms with E-state index < -0.39 is 0 Å². The molecule has 0 radical (unpaired) electrons. The Bertz CT molecular complexity index is 354. The molecule has 0 saturated heterocycles. The number of halogens is 3. The fourth-order valence-electron chi connectivity index (χ4n) is 1.62. The molecule has 0 heterocycles. The molecule has 0 spiro atoms. The molecule has 15 heavy (non-hydrogen) atoms. The third-order valence-electron chi connectivity index (χ3n) is 2.71. The van der Waals surface area contributed by atoms with Crippen molar-refractivity contribution < 1.29 is 0 Å². The molecule has 2 rings (SSSR count). The first kappa shape index (κ1) is 11.6. The monoisotopic (exact) mass is 307 g/mol. The molecular formula is C11H12BrCl2N. The summed E-state index contributed by atoms with van der Waals surface area (Å²) < 4.78 is 0.905. The summed E-state index contributed by atoms with van der Waals surface area (Å²) in [5.41, 5.74) is 0.848. The van der Waals surface area contributed by atoms with E-state index in [0.717, 1.165) is 16.1 Å². The molecule has 1 aliphatic carbocycles. The Hall–Kier alpha value is 0.0800. The van der Waals surface area contributed by atoms with Crippen LogP contribution in [-0.4, -0.2) is 6.04 Å². The van der Waals surface area contributed by atoms with Gasteiger partial charge in [-0.2, -0.15) is 0 Å². The second-order valence-corrected chi connectivity index (χ2v) is 5.74. The van der Waals surface area contributed by atoms with E-state index >= 15 is 0 Å². The van der Waals surface area contributed by atoms with Crippen LogP contribution in [0.2, 0.25) is 10.0 Å². The molecule has 1 unspecified atom stereocenters. The first-order chi connectivity index (χ1) is 7.08. The summed E-state index contributed by atoms with van der Waals surface area (Å²) in [6.45, 7) is 2.17. The van der Waals surface area contributed by atoms with Gasteiger partial charge >= 0.3 is 0 Å². The van der Waals surface area contributed by atoms with Gasteiger partial charge < -0.3 is 5.32 Å². The summed E-state index contributed by atoms with van der Waals surface area (Å²) >= 11 is 15.6. The Morgan fingerprint density at radius 1 is 1.33 bits per heavy atom. The summed E-state index contributed by atoms with van der Waals surface area (Å²) in [4.78, 5) is 0. The molecule has 1 N–H and O–H groups in total. The molecule has 82 valence electrons. The molecule has 0 aliphatic heterocycles. The quantitative estimate of drug-likeness (QED) is 0.831. The van der Waals surface area contributed by atoms with Crippen molar-refractivity contribution in [1.82, 2.24) is 0 Å². The number of rotatable bonds is 3. The lowest BCUT2D eigenvalue weighted by Crippen LogP contribution is -2.17. The van der Waals surface area contributed by atoms with Crippen LogP contribution in [0.4, 0.5) is 5.69 Å². The summed E-state index contributed by atoms with van der Waals surface area (Å²) in [6, 6.07) is 4.16. The van der Waals surface area contributed by atoms with Gasteiger partial charge in [-0.15, -0.1) is 0 Å². The summed E-state index contributed by atoms with van der Waals surface area (Å²) in [6.07, 6.45) is 2.61. The van der Waals surface area contributed by atoms with Crippen molar-refractivity contribution in [3.8, 4) is 0 Å². The number of hydrogen-bond donors (Lipinski definition) is 1. The standard InChI is InChI=1S/C11H12BrCl2N/c1-6(7-2-3-7)15-11-9(13)4-8(12)5-10(11)14/h4-7,15H,2-3H2,1H3. The lowest BCUT2D eigenvalue weighted by molar-refractivity contribution is 0.694. The zero-order valence-corrected chi connectivity index (χ0v) is 11.5. The molecule has 4 heteroatoms. The van der Waals surface area contributed by atoms with Crippen LogP contribution >= 0.6 is 39.1 Å². The van der Waals surface area contributed by atoms with Gasteiger partial charge in [-0.05, 0) is 37.8 Å². The van der Waals surface area contributed by atoms with Crippen molar-refractivity contribution in [2.45, 2.75) is 25.8 Å². The molecule has 1 aromatic rings. The summed E-state index contributed by atoms with van der Waals surface area (Å²) in [5.74, 6) is 0.779. The van der Waals surface area contributed by atoms with E-state index in [2.05, 4.69) is 28.2 Å². The van der Waals surface area contributed by atoms with Gasteiger partial charge in [0.15, 0.2) is 0 Å². The average Bonchev–Trinajstić information content (AvgIpc) is 2.93. The van der Waals surface area contributed by atoms with Crippen molar-refractivity contribution in [2.75, 3.05) is 5.32 Å². The molecular weight excluding hydrogens is 297 g/mol. The number of anilines is 1. The second-order valence-electron chi connectivity index (χ2n) is 4.01. The highest BCUT2D eigenvalue weighted by Crippen LogP contribution is 2.38. The van der Waals surface area contributed by atoms with E-state index in [4.69, 9.17) is 23.2 Å². The molecule has 1 nitrogen and oxygen atoms in total. The Balaban J connectivity index is 2.19. The highest BCUT2D eigenvalue weighted by molar-refractivity contribution is 9.10. The van der Waals surface area contributed by atoms with Gasteiger partial charge in [-0.25, -0.2) is 0 Å². The third-order valence-corrected chi connectivity index (χ3v) is 3.76. The Morgan fingerprint density at radius 2 is 1.87 bits per heavy atom. The zero-order valence-electron chi connectivity index (χ0n) is 8.36. The number of nitrogens with one attached hydrogen (secondary N) is 1. The predicted molar refractivity (Wildman–Crippen MR) is 70.0 cm³/mol. The van der Waals surface area contributed by atoms with Crippen LogP contribution in [0.5, 0.6) is 0 Å². The minimum absolute atomic E-state index is 0.446. The fourth-order valence-corrected chi connectivity index (χ4v) is 2.94. The van der Waals surface area contributed by atoms with Crippen molar-refractivity contribution in [3.63, 3.8) is 0 Å².